The van der Waals surface area contributed by atoms with E-state index in [0.29, 0.717) is 44.7 Å². The van der Waals surface area contributed by atoms with E-state index in [-0.39, 0.29) is 30.4 Å². The summed E-state index contributed by atoms with van der Waals surface area (Å²) in [6.45, 7) is 3.40. The van der Waals surface area contributed by atoms with Crippen molar-refractivity contribution in [3.8, 4) is 5.75 Å². The molecular formula is C29H38N2O4. The van der Waals surface area contributed by atoms with E-state index in [4.69, 9.17) is 4.74 Å². The lowest BCUT2D eigenvalue weighted by Crippen LogP contribution is -2.43. The highest BCUT2D eigenvalue weighted by Gasteiger charge is 2.32. The molecule has 1 aliphatic carbocycles. The number of carbonyl (C=O) groups is 2. The van der Waals surface area contributed by atoms with Crippen LogP contribution in [0.15, 0.2) is 48.5 Å². The molecule has 1 heterocycles. The molecule has 4 rings (SSSR count). The van der Waals surface area contributed by atoms with E-state index >= 15 is 0 Å². The lowest BCUT2D eigenvalue weighted by molar-refractivity contribution is -0.135. The summed E-state index contributed by atoms with van der Waals surface area (Å²) in [5.74, 6) is 1.04. The molecule has 6 heteroatoms. The van der Waals surface area contributed by atoms with Gasteiger partial charge >= 0.3 is 0 Å². The Morgan fingerprint density at radius 2 is 1.86 bits per heavy atom. The van der Waals surface area contributed by atoms with Crippen LogP contribution in [0.2, 0.25) is 0 Å². The molecule has 0 radical (unpaired) electrons. The fourth-order valence-corrected chi connectivity index (χ4v) is 5.44. The number of ether oxygens (including phenoxy) is 1. The first-order chi connectivity index (χ1) is 17.1. The number of carbonyl (C=O) groups excluding carboxylic acids is 2. The predicted octanol–water partition coefficient (Wildman–Crippen LogP) is 5.04. The van der Waals surface area contributed by atoms with Gasteiger partial charge < -0.3 is 19.6 Å². The minimum absolute atomic E-state index is 0.00163. The number of nitrogens with zero attached hydrogens (tertiary/aromatic N) is 2. The number of hydrogen-bond acceptors (Lipinski definition) is 4. The summed E-state index contributed by atoms with van der Waals surface area (Å²) >= 11 is 0. The molecule has 0 bridgehead atoms. The average Bonchev–Trinajstić information content (AvgIpc) is 2.88. The van der Waals surface area contributed by atoms with Crippen molar-refractivity contribution in [2.75, 3.05) is 24.7 Å². The zero-order chi connectivity index (χ0) is 24.6. The number of anilines is 1. The van der Waals surface area contributed by atoms with Gasteiger partial charge in [-0.3, -0.25) is 9.59 Å². The first kappa shape index (κ1) is 25.2. The van der Waals surface area contributed by atoms with Crippen LogP contribution in [0, 0.1) is 0 Å². The van der Waals surface area contributed by atoms with Crippen LogP contribution in [-0.4, -0.2) is 47.6 Å². The zero-order valence-electron chi connectivity index (χ0n) is 20.8. The van der Waals surface area contributed by atoms with E-state index in [2.05, 4.69) is 13.0 Å². The van der Waals surface area contributed by atoms with Crippen LogP contribution >= 0.6 is 0 Å². The molecule has 35 heavy (non-hydrogen) atoms. The van der Waals surface area contributed by atoms with Crippen molar-refractivity contribution in [1.29, 1.82) is 0 Å². The van der Waals surface area contributed by atoms with E-state index < -0.39 is 0 Å². The Bertz CT molecular complexity index is 987. The fourth-order valence-electron chi connectivity index (χ4n) is 5.44. The summed E-state index contributed by atoms with van der Waals surface area (Å²) in [6, 6.07) is 16.3. The quantitative estimate of drug-likeness (QED) is 0.486. The molecule has 6 nitrogen and oxygen atoms in total. The van der Waals surface area contributed by atoms with Gasteiger partial charge in [-0.2, -0.15) is 0 Å². The van der Waals surface area contributed by atoms with Crippen LogP contribution in [0.3, 0.4) is 0 Å². The summed E-state index contributed by atoms with van der Waals surface area (Å²) in [7, 11) is 0. The van der Waals surface area contributed by atoms with E-state index in [9.17, 15) is 14.7 Å². The van der Waals surface area contributed by atoms with Crippen molar-refractivity contribution in [2.45, 2.75) is 76.8 Å². The lowest BCUT2D eigenvalue weighted by atomic mass is 9.90. The Balaban J connectivity index is 1.41. The maximum atomic E-state index is 13.0. The van der Waals surface area contributed by atoms with Crippen LogP contribution in [0.25, 0.3) is 0 Å². The van der Waals surface area contributed by atoms with Crippen molar-refractivity contribution < 1.29 is 19.4 Å². The molecule has 1 fully saturated rings. The zero-order valence-corrected chi connectivity index (χ0v) is 20.8. The Kier molecular flexibility index (Phi) is 8.80. The molecule has 2 aromatic carbocycles. The lowest BCUT2D eigenvalue weighted by Gasteiger charge is -2.34. The molecule has 1 unspecified atom stereocenters. The second-order valence-electron chi connectivity index (χ2n) is 9.82. The molecule has 1 saturated carbocycles. The molecular weight excluding hydrogens is 440 g/mol. The molecule has 188 valence electrons. The van der Waals surface area contributed by atoms with E-state index in [1.54, 1.807) is 0 Å². The van der Waals surface area contributed by atoms with Crippen LogP contribution in [0.5, 0.6) is 5.75 Å². The number of para-hydroxylation sites is 1. The highest BCUT2D eigenvalue weighted by Crippen LogP contribution is 2.42. The molecule has 2 amide bonds. The maximum absolute atomic E-state index is 13.0. The molecule has 0 saturated heterocycles. The predicted molar refractivity (Wildman–Crippen MR) is 138 cm³/mol. The van der Waals surface area contributed by atoms with Crippen LogP contribution in [0.4, 0.5) is 5.69 Å². The smallest absolute Gasteiger partial charge is 0.228 e. The largest absolute Gasteiger partial charge is 0.491 e. The number of fused-ring (bicyclic) bond motifs is 1. The van der Waals surface area contributed by atoms with E-state index in [1.807, 2.05) is 52.3 Å². The fraction of sp³-hybridized carbons (Fsp3) is 0.517. The third-order valence-electron chi connectivity index (χ3n) is 7.27. The Morgan fingerprint density at radius 3 is 2.60 bits per heavy atom. The van der Waals surface area contributed by atoms with Crippen molar-refractivity contribution in [1.82, 2.24) is 4.90 Å². The van der Waals surface area contributed by atoms with Crippen LogP contribution in [-0.2, 0) is 16.1 Å². The van der Waals surface area contributed by atoms with E-state index in [0.717, 1.165) is 42.5 Å². The number of hydrogen-bond donors (Lipinski definition) is 1. The van der Waals surface area contributed by atoms with Gasteiger partial charge in [-0.1, -0.05) is 68.7 Å². The van der Waals surface area contributed by atoms with E-state index in [1.165, 1.54) is 6.42 Å². The van der Waals surface area contributed by atoms with Crippen LogP contribution in [0.1, 0.15) is 75.3 Å². The number of aliphatic hydroxyl groups excluding tert-OH is 1. The van der Waals surface area contributed by atoms with Gasteiger partial charge in [0.1, 0.15) is 5.75 Å². The minimum atomic E-state index is -0.00163. The molecule has 1 N–H and O–H groups in total. The minimum Gasteiger partial charge on any atom is -0.491 e. The van der Waals surface area contributed by atoms with Gasteiger partial charge in [0.05, 0.1) is 25.4 Å². The normalized spacial score (nSPS) is 18.3. The standard InChI is InChI=1S/C29H38N2O4/c1-22-20-28(34)31(21-23-10-4-2-5-11-23)29-25(22)14-8-15-26(29)35-19-9-16-27(33)30(17-18-32)24-12-6-3-7-13-24/h2,4-5,8,10-11,14-15,22,24,32H,3,6-7,9,12-13,16-21H2,1H3. The maximum Gasteiger partial charge on any atom is 0.228 e. The number of amides is 2. The highest BCUT2D eigenvalue weighted by atomic mass is 16.5. The van der Waals surface area contributed by atoms with Gasteiger partial charge in [-0.25, -0.2) is 0 Å². The third-order valence-corrected chi connectivity index (χ3v) is 7.27. The second kappa shape index (κ2) is 12.2. The van der Waals surface area contributed by atoms with Gasteiger partial charge in [0.15, 0.2) is 0 Å². The van der Waals surface area contributed by atoms with Gasteiger partial charge in [0, 0.05) is 25.4 Å². The topological polar surface area (TPSA) is 70.1 Å². The summed E-state index contributed by atoms with van der Waals surface area (Å²) in [4.78, 5) is 29.7. The summed E-state index contributed by atoms with van der Waals surface area (Å²) in [5.41, 5.74) is 3.06. The molecule has 2 aromatic rings. The van der Waals surface area contributed by atoms with Crippen LogP contribution < -0.4 is 9.64 Å². The van der Waals surface area contributed by atoms with Gasteiger partial charge in [-0.05, 0) is 42.4 Å². The molecule has 2 aliphatic rings. The Morgan fingerprint density at radius 1 is 1.09 bits per heavy atom. The van der Waals surface area contributed by atoms with Crippen molar-refractivity contribution in [3.05, 3.63) is 59.7 Å². The highest BCUT2D eigenvalue weighted by molar-refractivity contribution is 5.98. The van der Waals surface area contributed by atoms with Crippen molar-refractivity contribution in [2.24, 2.45) is 0 Å². The second-order valence-corrected chi connectivity index (χ2v) is 9.82. The van der Waals surface area contributed by atoms with Gasteiger partial charge in [0.25, 0.3) is 0 Å². The first-order valence-electron chi connectivity index (χ1n) is 13.1. The SMILES string of the molecule is CC1CC(=O)N(Cc2ccccc2)c2c(OCCCC(=O)N(CCO)C3CCCCC3)cccc21. The summed E-state index contributed by atoms with van der Waals surface area (Å²) < 4.78 is 6.19. The first-order valence-corrected chi connectivity index (χ1v) is 13.1. The number of benzene rings is 2. The van der Waals surface area contributed by atoms with Gasteiger partial charge in [-0.15, -0.1) is 0 Å². The number of aliphatic hydroxyl groups is 1. The molecule has 0 aromatic heterocycles. The molecule has 1 aliphatic heterocycles. The van der Waals surface area contributed by atoms with Crippen molar-refractivity contribution >= 4 is 17.5 Å². The Labute approximate surface area is 208 Å². The monoisotopic (exact) mass is 478 g/mol. The summed E-state index contributed by atoms with van der Waals surface area (Å²) in [5, 5.41) is 9.47. The van der Waals surface area contributed by atoms with Crippen molar-refractivity contribution in [3.63, 3.8) is 0 Å². The molecule has 1 atom stereocenters. The average molecular weight is 479 g/mol. The third kappa shape index (κ3) is 6.23. The molecule has 0 spiro atoms. The Hall–Kier alpha value is -2.86. The summed E-state index contributed by atoms with van der Waals surface area (Å²) in [6.07, 6.45) is 7.07. The number of rotatable bonds is 10. The van der Waals surface area contributed by atoms with Gasteiger partial charge in [0.2, 0.25) is 11.8 Å².